The fourth-order valence-electron chi connectivity index (χ4n) is 2.39. The van der Waals surface area contributed by atoms with E-state index >= 15 is 0 Å². The van der Waals surface area contributed by atoms with Crippen LogP contribution in [-0.4, -0.2) is 41.0 Å². The van der Waals surface area contributed by atoms with Gasteiger partial charge in [0.1, 0.15) is 16.2 Å². The molecule has 1 N–H and O–H groups in total. The predicted octanol–water partition coefficient (Wildman–Crippen LogP) is 0.544. The van der Waals surface area contributed by atoms with E-state index in [0.29, 0.717) is 16.7 Å². The SMILES string of the molecule is Br.CON1CC2(CCNCC2)CC1=S=O. The first-order valence-corrected chi connectivity index (χ1v) is 5.72. The van der Waals surface area contributed by atoms with Gasteiger partial charge >= 0.3 is 0 Å². The molecule has 1 spiro atoms. The van der Waals surface area contributed by atoms with Gasteiger partial charge in [-0.2, -0.15) is 0 Å². The van der Waals surface area contributed by atoms with Crippen molar-refractivity contribution in [3.8, 4) is 0 Å². The average molecular weight is 297 g/mol. The van der Waals surface area contributed by atoms with E-state index in [9.17, 15) is 4.21 Å². The zero-order valence-electron chi connectivity index (χ0n) is 8.82. The van der Waals surface area contributed by atoms with Crippen LogP contribution >= 0.6 is 17.0 Å². The molecule has 88 valence electrons. The van der Waals surface area contributed by atoms with Crippen molar-refractivity contribution >= 4 is 33.2 Å². The van der Waals surface area contributed by atoms with Gasteiger partial charge in [-0.3, -0.25) is 4.84 Å². The molecule has 2 aliphatic rings. The van der Waals surface area contributed by atoms with Crippen LogP contribution in [0.2, 0.25) is 0 Å². The largest absolute Gasteiger partial charge is 0.317 e. The standard InChI is InChI=1S/C9H16N2O2S.BrH/c1-13-11-7-9(6-8(11)14-12)2-4-10-5-3-9;/h10H,2-7H2,1H3;1H. The van der Waals surface area contributed by atoms with E-state index in [1.807, 2.05) is 0 Å². The molecule has 2 heterocycles. The van der Waals surface area contributed by atoms with E-state index in [1.165, 1.54) is 0 Å². The van der Waals surface area contributed by atoms with Gasteiger partial charge < -0.3 is 5.32 Å². The van der Waals surface area contributed by atoms with Crippen molar-refractivity contribution in [2.45, 2.75) is 19.3 Å². The summed E-state index contributed by atoms with van der Waals surface area (Å²) in [5.74, 6) is 0. The third kappa shape index (κ3) is 2.68. The van der Waals surface area contributed by atoms with Gasteiger partial charge in [0, 0.05) is 13.0 Å². The number of hydrogen-bond acceptors (Lipinski definition) is 3. The highest BCUT2D eigenvalue weighted by molar-refractivity contribution is 8.93. The molecule has 4 nitrogen and oxygen atoms in total. The molecule has 0 saturated carbocycles. The van der Waals surface area contributed by atoms with Gasteiger partial charge in [0.2, 0.25) is 0 Å². The number of halogens is 1. The Balaban J connectivity index is 0.00000112. The maximum atomic E-state index is 10.9. The van der Waals surface area contributed by atoms with Crippen LogP contribution in [0.5, 0.6) is 0 Å². The second kappa shape index (κ2) is 5.54. The first kappa shape index (κ1) is 13.3. The summed E-state index contributed by atoms with van der Waals surface area (Å²) in [6, 6.07) is 0. The van der Waals surface area contributed by atoms with Crippen LogP contribution in [0.25, 0.3) is 0 Å². The van der Waals surface area contributed by atoms with E-state index in [-0.39, 0.29) is 17.0 Å². The second-order valence-corrected chi connectivity index (χ2v) is 4.76. The molecule has 2 rings (SSSR count). The minimum Gasteiger partial charge on any atom is -0.317 e. The summed E-state index contributed by atoms with van der Waals surface area (Å²) in [5.41, 5.74) is 0.300. The van der Waals surface area contributed by atoms with E-state index < -0.39 is 0 Å². The number of nitrogens with one attached hydrogen (secondary N) is 1. The highest BCUT2D eigenvalue weighted by Crippen LogP contribution is 2.39. The monoisotopic (exact) mass is 296 g/mol. The van der Waals surface area contributed by atoms with E-state index in [2.05, 4.69) is 5.32 Å². The lowest BCUT2D eigenvalue weighted by Gasteiger charge is -2.32. The zero-order chi connectivity index (χ0) is 10.0. The minimum atomic E-state index is 0. The van der Waals surface area contributed by atoms with Gasteiger partial charge in [0.05, 0.1) is 7.11 Å². The van der Waals surface area contributed by atoms with Gasteiger partial charge in [-0.25, -0.2) is 4.21 Å². The zero-order valence-corrected chi connectivity index (χ0v) is 11.4. The van der Waals surface area contributed by atoms with Crippen LogP contribution in [0.15, 0.2) is 0 Å². The number of hydroxylamine groups is 2. The topological polar surface area (TPSA) is 41.6 Å². The molecule has 2 saturated heterocycles. The highest BCUT2D eigenvalue weighted by Gasteiger charge is 2.42. The van der Waals surface area contributed by atoms with Gasteiger partial charge in [-0.1, -0.05) is 0 Å². The second-order valence-electron chi connectivity index (χ2n) is 4.12. The van der Waals surface area contributed by atoms with E-state index in [4.69, 9.17) is 4.84 Å². The van der Waals surface area contributed by atoms with Crippen molar-refractivity contribution in [1.29, 1.82) is 0 Å². The van der Waals surface area contributed by atoms with Gasteiger partial charge in [0.25, 0.3) is 0 Å². The highest BCUT2D eigenvalue weighted by atomic mass is 79.9. The molecule has 0 atom stereocenters. The smallest absolute Gasteiger partial charge is 0.114 e. The van der Waals surface area contributed by atoms with Crippen LogP contribution in [0.1, 0.15) is 19.3 Å². The van der Waals surface area contributed by atoms with Crippen LogP contribution in [0.3, 0.4) is 0 Å². The normalized spacial score (nSPS) is 25.3. The fourth-order valence-corrected chi connectivity index (χ4v) is 2.97. The maximum Gasteiger partial charge on any atom is 0.114 e. The van der Waals surface area contributed by atoms with Gasteiger partial charge in [-0.15, -0.1) is 22.0 Å². The molecule has 0 unspecified atom stereocenters. The molecule has 0 aliphatic carbocycles. The first-order chi connectivity index (χ1) is 6.79. The summed E-state index contributed by atoms with van der Waals surface area (Å²) in [4.78, 5) is 6.04. The van der Waals surface area contributed by atoms with Crippen molar-refractivity contribution in [1.82, 2.24) is 10.4 Å². The fraction of sp³-hybridized carbons (Fsp3) is 0.889. The Morgan fingerprint density at radius 3 is 2.60 bits per heavy atom. The van der Waals surface area contributed by atoms with E-state index in [1.54, 1.807) is 12.2 Å². The molecule has 0 aromatic rings. The van der Waals surface area contributed by atoms with Gasteiger partial charge in [0.15, 0.2) is 0 Å². The summed E-state index contributed by atoms with van der Waals surface area (Å²) in [6.07, 6.45) is 3.20. The minimum absolute atomic E-state index is 0. The molecule has 0 aromatic carbocycles. The number of piperidine rings is 1. The quantitative estimate of drug-likeness (QED) is 0.718. The Hall–Kier alpha value is 0.250. The summed E-state index contributed by atoms with van der Waals surface area (Å²) >= 11 is 0.580. The van der Waals surface area contributed by atoms with Crippen molar-refractivity contribution < 1.29 is 9.05 Å². The molecule has 0 bridgehead atoms. The summed E-state index contributed by atoms with van der Waals surface area (Å²) in [5, 5.41) is 5.11. The summed E-state index contributed by atoms with van der Waals surface area (Å²) in [7, 11) is 1.64. The van der Waals surface area contributed by atoms with Crippen molar-refractivity contribution in [2.75, 3.05) is 26.7 Å². The molecule has 2 aliphatic heterocycles. The Morgan fingerprint density at radius 2 is 2.13 bits per heavy atom. The van der Waals surface area contributed by atoms with Crippen molar-refractivity contribution in [3.63, 3.8) is 0 Å². The van der Waals surface area contributed by atoms with Gasteiger partial charge in [-0.05, 0) is 31.3 Å². The Bertz CT molecular complexity index is 275. The molecule has 0 radical (unpaired) electrons. The molecule has 2 fully saturated rings. The molecule has 6 heteroatoms. The lowest BCUT2D eigenvalue weighted by Crippen LogP contribution is -2.38. The molecular weight excluding hydrogens is 280 g/mol. The number of nitrogens with zero attached hydrogens (tertiary/aromatic N) is 1. The van der Waals surface area contributed by atoms with Crippen LogP contribution in [0.4, 0.5) is 0 Å². The third-order valence-corrected chi connectivity index (χ3v) is 3.80. The van der Waals surface area contributed by atoms with Crippen LogP contribution in [-0.2, 0) is 16.1 Å². The Labute approximate surface area is 104 Å². The number of rotatable bonds is 1. The molecule has 15 heavy (non-hydrogen) atoms. The van der Waals surface area contributed by atoms with Crippen molar-refractivity contribution in [3.05, 3.63) is 0 Å². The lowest BCUT2D eigenvalue weighted by atomic mass is 9.78. The predicted molar refractivity (Wildman–Crippen MR) is 66.3 cm³/mol. The lowest BCUT2D eigenvalue weighted by molar-refractivity contribution is -0.0715. The molecule has 0 aromatic heterocycles. The Morgan fingerprint density at radius 1 is 1.47 bits per heavy atom. The van der Waals surface area contributed by atoms with Crippen LogP contribution in [0, 0.1) is 5.41 Å². The van der Waals surface area contributed by atoms with Crippen LogP contribution < -0.4 is 5.32 Å². The number of hydrogen-bond donors (Lipinski definition) is 1. The third-order valence-electron chi connectivity index (χ3n) is 3.26. The molecular formula is C9H17BrN2O2S. The summed E-state index contributed by atoms with van der Waals surface area (Å²) in [6.45, 7) is 3.01. The first-order valence-electron chi connectivity index (χ1n) is 4.98. The van der Waals surface area contributed by atoms with E-state index in [0.717, 1.165) is 43.9 Å². The Kier molecular flexibility index (Phi) is 4.92. The van der Waals surface area contributed by atoms with Crippen molar-refractivity contribution in [2.24, 2.45) is 5.41 Å². The molecule has 0 amide bonds. The maximum absolute atomic E-state index is 10.9. The average Bonchev–Trinajstić information content (AvgIpc) is 2.57. The summed E-state index contributed by atoms with van der Waals surface area (Å²) < 4.78 is 10.9.